The maximum Gasteiger partial charge on any atom is 0.128 e. The number of phenols is 1. The molecule has 13 heavy (non-hydrogen) atoms. The third kappa shape index (κ3) is 1.96. The highest BCUT2D eigenvalue weighted by atomic mass is 127. The Morgan fingerprint density at radius 3 is 2.69 bits per heavy atom. The summed E-state index contributed by atoms with van der Waals surface area (Å²) in [7, 11) is 0. The van der Waals surface area contributed by atoms with Crippen LogP contribution in [0.5, 0.6) is 5.75 Å². The van der Waals surface area contributed by atoms with Crippen LogP contribution in [0.2, 0.25) is 0 Å². The third-order valence-corrected chi connectivity index (χ3v) is 3.35. The van der Waals surface area contributed by atoms with E-state index in [0.29, 0.717) is 11.7 Å². The number of hydrogen-bond acceptors (Lipinski definition) is 2. The van der Waals surface area contributed by atoms with Crippen LogP contribution < -0.4 is 5.73 Å². The van der Waals surface area contributed by atoms with Crippen LogP contribution in [0.15, 0.2) is 18.2 Å². The predicted octanol–water partition coefficient (Wildman–Crippen LogP) is 2.41. The highest BCUT2D eigenvalue weighted by molar-refractivity contribution is 14.1. The Balaban J connectivity index is 2.24. The van der Waals surface area contributed by atoms with Crippen LogP contribution in [-0.2, 0) is 0 Å². The van der Waals surface area contributed by atoms with Crippen LogP contribution in [-0.4, -0.2) is 5.11 Å². The molecule has 2 nitrogen and oxygen atoms in total. The van der Waals surface area contributed by atoms with E-state index in [4.69, 9.17) is 5.73 Å². The van der Waals surface area contributed by atoms with E-state index < -0.39 is 0 Å². The summed E-state index contributed by atoms with van der Waals surface area (Å²) >= 11 is 2.12. The van der Waals surface area contributed by atoms with Crippen molar-refractivity contribution in [3.63, 3.8) is 0 Å². The Morgan fingerprint density at radius 1 is 1.46 bits per heavy atom. The van der Waals surface area contributed by atoms with Gasteiger partial charge in [-0.05, 0) is 59.0 Å². The molecule has 1 atom stereocenters. The van der Waals surface area contributed by atoms with Gasteiger partial charge in [0.15, 0.2) is 0 Å². The summed E-state index contributed by atoms with van der Waals surface area (Å²) in [6, 6.07) is 5.77. The summed E-state index contributed by atoms with van der Waals surface area (Å²) in [6.07, 6.45) is 2.50. The average Bonchev–Trinajstić information content (AvgIpc) is 2.91. The summed E-state index contributed by atoms with van der Waals surface area (Å²) in [5.74, 6) is 1.01. The van der Waals surface area contributed by atoms with E-state index in [2.05, 4.69) is 22.6 Å². The molecule has 1 fully saturated rings. The molecule has 0 radical (unpaired) electrons. The Labute approximate surface area is 91.3 Å². The molecule has 0 saturated heterocycles. The molecule has 0 aliphatic heterocycles. The van der Waals surface area contributed by atoms with Gasteiger partial charge < -0.3 is 10.8 Å². The standard InChI is InChI=1S/C10H12INO/c11-8-5-7(3-4-9(8)13)10(12)6-1-2-6/h3-6,10,13H,1-2,12H2/t10-/m1/s1. The first-order chi connectivity index (χ1) is 6.18. The molecular weight excluding hydrogens is 277 g/mol. The second-order valence-corrected chi connectivity index (χ2v) is 4.74. The van der Waals surface area contributed by atoms with Crippen molar-refractivity contribution < 1.29 is 5.11 Å². The van der Waals surface area contributed by atoms with Gasteiger partial charge >= 0.3 is 0 Å². The molecule has 1 aromatic rings. The maximum absolute atomic E-state index is 9.33. The molecule has 70 valence electrons. The van der Waals surface area contributed by atoms with E-state index in [1.54, 1.807) is 6.07 Å². The molecule has 1 aromatic carbocycles. The maximum atomic E-state index is 9.33. The predicted molar refractivity (Wildman–Crippen MR) is 60.5 cm³/mol. The number of aromatic hydroxyl groups is 1. The van der Waals surface area contributed by atoms with Crippen molar-refractivity contribution >= 4 is 22.6 Å². The van der Waals surface area contributed by atoms with E-state index >= 15 is 0 Å². The zero-order valence-electron chi connectivity index (χ0n) is 7.20. The number of benzene rings is 1. The lowest BCUT2D eigenvalue weighted by Crippen LogP contribution is -2.12. The molecular formula is C10H12INO. The highest BCUT2D eigenvalue weighted by Gasteiger charge is 2.29. The summed E-state index contributed by atoms with van der Waals surface area (Å²) < 4.78 is 0.881. The Hall–Kier alpha value is -0.290. The fourth-order valence-electron chi connectivity index (χ4n) is 1.46. The lowest BCUT2D eigenvalue weighted by atomic mass is 10.0. The number of rotatable bonds is 2. The van der Waals surface area contributed by atoms with Gasteiger partial charge in [0.25, 0.3) is 0 Å². The summed E-state index contributed by atoms with van der Waals surface area (Å²) in [5, 5.41) is 9.33. The molecule has 1 aliphatic rings. The molecule has 2 rings (SSSR count). The van der Waals surface area contributed by atoms with Gasteiger partial charge in [0.1, 0.15) is 5.75 Å². The van der Waals surface area contributed by atoms with Crippen LogP contribution >= 0.6 is 22.6 Å². The van der Waals surface area contributed by atoms with Crippen LogP contribution in [0.4, 0.5) is 0 Å². The minimum Gasteiger partial charge on any atom is -0.507 e. The highest BCUT2D eigenvalue weighted by Crippen LogP contribution is 2.40. The lowest BCUT2D eigenvalue weighted by molar-refractivity contribution is 0.470. The topological polar surface area (TPSA) is 46.2 Å². The number of halogens is 1. The molecule has 1 saturated carbocycles. The van der Waals surface area contributed by atoms with Crippen molar-refractivity contribution in [3.05, 3.63) is 27.3 Å². The van der Waals surface area contributed by atoms with Gasteiger partial charge in [0.2, 0.25) is 0 Å². The van der Waals surface area contributed by atoms with Gasteiger partial charge in [-0.2, -0.15) is 0 Å². The van der Waals surface area contributed by atoms with Crippen LogP contribution in [0, 0.1) is 9.49 Å². The van der Waals surface area contributed by atoms with Crippen molar-refractivity contribution in [1.29, 1.82) is 0 Å². The van der Waals surface area contributed by atoms with E-state index in [0.717, 1.165) is 9.13 Å². The van der Waals surface area contributed by atoms with E-state index in [9.17, 15) is 5.11 Å². The quantitative estimate of drug-likeness (QED) is 0.821. The van der Waals surface area contributed by atoms with E-state index in [1.165, 1.54) is 12.8 Å². The Morgan fingerprint density at radius 2 is 2.15 bits per heavy atom. The van der Waals surface area contributed by atoms with Crippen molar-refractivity contribution in [3.8, 4) is 5.75 Å². The average molecular weight is 289 g/mol. The minimum atomic E-state index is 0.161. The van der Waals surface area contributed by atoms with Gasteiger partial charge in [-0.1, -0.05) is 6.07 Å². The smallest absolute Gasteiger partial charge is 0.128 e. The zero-order valence-corrected chi connectivity index (χ0v) is 9.36. The van der Waals surface area contributed by atoms with E-state index in [1.807, 2.05) is 12.1 Å². The van der Waals surface area contributed by atoms with Crippen molar-refractivity contribution in [2.24, 2.45) is 11.7 Å². The Kier molecular flexibility index (Phi) is 2.47. The van der Waals surface area contributed by atoms with Crippen LogP contribution in [0.25, 0.3) is 0 Å². The fraction of sp³-hybridized carbons (Fsp3) is 0.400. The second kappa shape index (κ2) is 3.46. The normalized spacial score (nSPS) is 18.6. The summed E-state index contributed by atoms with van der Waals surface area (Å²) in [4.78, 5) is 0. The Bertz CT molecular complexity index is 323. The molecule has 0 amide bonds. The first-order valence-corrected chi connectivity index (χ1v) is 5.50. The SMILES string of the molecule is N[C@@H](c1ccc(O)c(I)c1)C1CC1. The fourth-order valence-corrected chi connectivity index (χ4v) is 2.00. The summed E-state index contributed by atoms with van der Waals surface area (Å²) in [5.41, 5.74) is 7.18. The number of hydrogen-bond donors (Lipinski definition) is 2. The number of nitrogens with two attached hydrogens (primary N) is 1. The molecule has 0 aromatic heterocycles. The third-order valence-electron chi connectivity index (χ3n) is 2.49. The van der Waals surface area contributed by atoms with Crippen molar-refractivity contribution in [2.75, 3.05) is 0 Å². The molecule has 1 aliphatic carbocycles. The molecule has 0 bridgehead atoms. The first-order valence-electron chi connectivity index (χ1n) is 4.42. The van der Waals surface area contributed by atoms with Crippen molar-refractivity contribution in [1.82, 2.24) is 0 Å². The summed E-state index contributed by atoms with van der Waals surface area (Å²) in [6.45, 7) is 0. The first kappa shape index (κ1) is 9.27. The van der Waals surface area contributed by atoms with Gasteiger partial charge in [-0.3, -0.25) is 0 Å². The largest absolute Gasteiger partial charge is 0.507 e. The monoisotopic (exact) mass is 289 g/mol. The van der Waals surface area contributed by atoms with Crippen LogP contribution in [0.3, 0.4) is 0 Å². The van der Waals surface area contributed by atoms with Gasteiger partial charge in [0.05, 0.1) is 3.57 Å². The molecule has 0 unspecified atom stereocenters. The minimum absolute atomic E-state index is 0.161. The second-order valence-electron chi connectivity index (χ2n) is 3.57. The molecule has 0 heterocycles. The molecule has 0 spiro atoms. The van der Waals surface area contributed by atoms with Crippen molar-refractivity contribution in [2.45, 2.75) is 18.9 Å². The molecule has 3 heteroatoms. The van der Waals surface area contributed by atoms with E-state index in [-0.39, 0.29) is 6.04 Å². The lowest BCUT2D eigenvalue weighted by Gasteiger charge is -2.11. The van der Waals surface area contributed by atoms with Gasteiger partial charge in [0, 0.05) is 6.04 Å². The molecule has 3 N–H and O–H groups in total. The van der Waals surface area contributed by atoms with Gasteiger partial charge in [-0.15, -0.1) is 0 Å². The number of phenolic OH excluding ortho intramolecular Hbond substituents is 1. The van der Waals surface area contributed by atoms with Crippen LogP contribution in [0.1, 0.15) is 24.4 Å². The van der Waals surface area contributed by atoms with Gasteiger partial charge in [-0.25, -0.2) is 0 Å². The zero-order chi connectivity index (χ0) is 9.42.